The molecule has 1 aliphatic carbocycles. The van der Waals surface area contributed by atoms with Gasteiger partial charge in [-0.2, -0.15) is 0 Å². The van der Waals surface area contributed by atoms with E-state index in [9.17, 15) is 0 Å². The predicted octanol–water partition coefficient (Wildman–Crippen LogP) is 6.08. The van der Waals surface area contributed by atoms with E-state index in [2.05, 4.69) is 59.4 Å². The molecule has 128 valence electrons. The van der Waals surface area contributed by atoms with E-state index in [4.69, 9.17) is 4.74 Å². The van der Waals surface area contributed by atoms with Crippen molar-refractivity contribution >= 4 is 11.8 Å². The molecule has 0 bridgehead atoms. The van der Waals surface area contributed by atoms with Gasteiger partial charge in [0.15, 0.2) is 0 Å². The molecule has 22 heavy (non-hydrogen) atoms. The molecular weight excluding hydrogens is 288 g/mol. The maximum absolute atomic E-state index is 6.28. The molecule has 1 nitrogen and oxygen atoms in total. The molecule has 1 saturated heterocycles. The molecule has 1 heterocycles. The third-order valence-electron chi connectivity index (χ3n) is 5.67. The molecule has 0 radical (unpaired) electrons. The molecule has 0 spiro atoms. The number of rotatable bonds is 7. The fraction of sp³-hybridized carbons (Fsp3) is 0.900. The molecule has 2 heteroatoms. The van der Waals surface area contributed by atoms with E-state index < -0.39 is 0 Å². The van der Waals surface area contributed by atoms with Gasteiger partial charge in [0.25, 0.3) is 0 Å². The van der Waals surface area contributed by atoms with E-state index in [0.29, 0.717) is 10.9 Å². The average Bonchev–Trinajstić information content (AvgIpc) is 3.04. The zero-order chi connectivity index (χ0) is 16.3. The second-order valence-electron chi connectivity index (χ2n) is 8.50. The van der Waals surface area contributed by atoms with E-state index in [1.807, 2.05) is 0 Å². The lowest BCUT2D eigenvalue weighted by Gasteiger charge is -2.37. The topological polar surface area (TPSA) is 9.23 Å². The first kappa shape index (κ1) is 18.4. The molecule has 0 aromatic heterocycles. The molecule has 4 unspecified atom stereocenters. The summed E-state index contributed by atoms with van der Waals surface area (Å²) in [6.45, 7) is 14.9. The van der Waals surface area contributed by atoms with Gasteiger partial charge in [0.1, 0.15) is 0 Å². The molecule has 1 saturated carbocycles. The van der Waals surface area contributed by atoms with Gasteiger partial charge in [0.05, 0.1) is 12.7 Å². The van der Waals surface area contributed by atoms with Crippen LogP contribution in [0.1, 0.15) is 73.6 Å². The Morgan fingerprint density at radius 3 is 2.59 bits per heavy atom. The van der Waals surface area contributed by atoms with E-state index in [1.165, 1.54) is 37.7 Å². The van der Waals surface area contributed by atoms with Crippen LogP contribution in [0, 0.1) is 17.8 Å². The van der Waals surface area contributed by atoms with Crippen LogP contribution in [-0.2, 0) is 4.74 Å². The molecule has 1 aliphatic heterocycles. The third kappa shape index (κ3) is 5.30. The Bertz CT molecular complexity index is 385. The highest BCUT2D eigenvalue weighted by molar-refractivity contribution is 8.08. The number of ether oxygens (including phenoxy) is 1. The van der Waals surface area contributed by atoms with Gasteiger partial charge in [0, 0.05) is 10.00 Å². The zero-order valence-corrected chi connectivity index (χ0v) is 16.3. The highest BCUT2D eigenvalue weighted by atomic mass is 32.2. The molecule has 2 aliphatic rings. The number of allylic oxidation sites excluding steroid dienone is 1. The van der Waals surface area contributed by atoms with Crippen molar-refractivity contribution in [3.8, 4) is 0 Å². The molecule has 0 aromatic rings. The van der Waals surface area contributed by atoms with Crippen molar-refractivity contribution in [2.24, 2.45) is 17.8 Å². The average molecular weight is 325 g/mol. The Morgan fingerprint density at radius 1 is 1.32 bits per heavy atom. The van der Waals surface area contributed by atoms with Crippen LogP contribution in [0.5, 0.6) is 0 Å². The van der Waals surface area contributed by atoms with Crippen LogP contribution in [-0.4, -0.2) is 22.7 Å². The Hall–Kier alpha value is 0.0500. The first-order chi connectivity index (χ1) is 10.3. The molecule has 2 fully saturated rings. The van der Waals surface area contributed by atoms with E-state index in [-0.39, 0.29) is 0 Å². The maximum Gasteiger partial charge on any atom is 0.0653 e. The van der Waals surface area contributed by atoms with Gasteiger partial charge in [-0.1, -0.05) is 38.8 Å². The minimum Gasteiger partial charge on any atom is -0.374 e. The Kier molecular flexibility index (Phi) is 6.48. The van der Waals surface area contributed by atoms with Crippen LogP contribution in [0.3, 0.4) is 0 Å². The smallest absolute Gasteiger partial charge is 0.0653 e. The summed E-state index contributed by atoms with van der Waals surface area (Å²) in [5.41, 5.74) is 1.51. The Labute approximate surface area is 142 Å². The SMILES string of the molecule is C/C(=C\COC1CC(C)CCC1C(C)C)CCC1SC1(C)C. The van der Waals surface area contributed by atoms with Crippen LogP contribution < -0.4 is 0 Å². The van der Waals surface area contributed by atoms with Crippen molar-refractivity contribution in [1.82, 2.24) is 0 Å². The third-order valence-corrected chi connectivity index (χ3v) is 7.42. The summed E-state index contributed by atoms with van der Waals surface area (Å²) in [5.74, 6) is 2.34. The molecular formula is C20H36OS. The number of hydrogen-bond acceptors (Lipinski definition) is 2. The van der Waals surface area contributed by atoms with Crippen molar-refractivity contribution in [3.05, 3.63) is 11.6 Å². The minimum atomic E-state index is 0.478. The summed E-state index contributed by atoms with van der Waals surface area (Å²) in [6.07, 6.45) is 9.35. The van der Waals surface area contributed by atoms with Crippen LogP contribution in [0.2, 0.25) is 0 Å². The van der Waals surface area contributed by atoms with Crippen LogP contribution in [0.15, 0.2) is 11.6 Å². The first-order valence-electron chi connectivity index (χ1n) is 9.24. The summed E-state index contributed by atoms with van der Waals surface area (Å²) in [7, 11) is 0. The summed E-state index contributed by atoms with van der Waals surface area (Å²) in [4.78, 5) is 0. The van der Waals surface area contributed by atoms with Gasteiger partial charge in [-0.3, -0.25) is 0 Å². The number of hydrogen-bond donors (Lipinski definition) is 0. The van der Waals surface area contributed by atoms with Crippen LogP contribution >= 0.6 is 11.8 Å². The lowest BCUT2D eigenvalue weighted by atomic mass is 9.75. The lowest BCUT2D eigenvalue weighted by molar-refractivity contribution is -0.0264. The van der Waals surface area contributed by atoms with Crippen molar-refractivity contribution in [1.29, 1.82) is 0 Å². The molecule has 4 atom stereocenters. The lowest BCUT2D eigenvalue weighted by Crippen LogP contribution is -2.34. The van der Waals surface area contributed by atoms with Gasteiger partial charge in [-0.25, -0.2) is 0 Å². The van der Waals surface area contributed by atoms with Gasteiger partial charge in [-0.15, -0.1) is 11.8 Å². The second-order valence-corrected chi connectivity index (χ2v) is 10.4. The van der Waals surface area contributed by atoms with Gasteiger partial charge in [-0.05, 0) is 64.2 Å². The highest BCUT2D eigenvalue weighted by Crippen LogP contribution is 2.55. The molecule has 0 N–H and O–H groups in total. The molecule has 2 rings (SSSR count). The zero-order valence-electron chi connectivity index (χ0n) is 15.5. The molecule has 0 aromatic carbocycles. The van der Waals surface area contributed by atoms with Crippen LogP contribution in [0.25, 0.3) is 0 Å². The Morgan fingerprint density at radius 2 is 2.00 bits per heavy atom. The minimum absolute atomic E-state index is 0.478. The predicted molar refractivity (Wildman–Crippen MR) is 99.5 cm³/mol. The monoisotopic (exact) mass is 324 g/mol. The van der Waals surface area contributed by atoms with Crippen molar-refractivity contribution in [3.63, 3.8) is 0 Å². The van der Waals surface area contributed by atoms with E-state index in [0.717, 1.165) is 29.6 Å². The first-order valence-corrected chi connectivity index (χ1v) is 10.1. The van der Waals surface area contributed by atoms with Crippen molar-refractivity contribution in [2.45, 2.75) is 89.7 Å². The highest BCUT2D eigenvalue weighted by Gasteiger charge is 2.45. The van der Waals surface area contributed by atoms with Crippen molar-refractivity contribution < 1.29 is 4.74 Å². The second kappa shape index (κ2) is 7.75. The van der Waals surface area contributed by atoms with Crippen LogP contribution in [0.4, 0.5) is 0 Å². The normalized spacial score (nSPS) is 35.0. The fourth-order valence-electron chi connectivity index (χ4n) is 3.82. The van der Waals surface area contributed by atoms with Gasteiger partial charge in [0.2, 0.25) is 0 Å². The van der Waals surface area contributed by atoms with E-state index in [1.54, 1.807) is 0 Å². The molecule has 0 amide bonds. The van der Waals surface area contributed by atoms with Gasteiger partial charge < -0.3 is 4.74 Å². The Balaban J connectivity index is 1.72. The fourth-order valence-corrected chi connectivity index (χ4v) is 4.84. The maximum atomic E-state index is 6.28. The summed E-state index contributed by atoms with van der Waals surface area (Å²) in [5, 5.41) is 0.876. The van der Waals surface area contributed by atoms with Crippen molar-refractivity contribution in [2.75, 3.05) is 6.61 Å². The van der Waals surface area contributed by atoms with Gasteiger partial charge >= 0.3 is 0 Å². The quantitative estimate of drug-likeness (QED) is 0.414. The van der Waals surface area contributed by atoms with E-state index >= 15 is 0 Å². The standard InChI is InChI=1S/C20H36OS/c1-14(2)17-9-7-16(4)13-18(17)21-12-11-15(3)8-10-19-20(5,6)22-19/h11,14,16-19H,7-10,12-13H2,1-6H3/b15-11+. The largest absolute Gasteiger partial charge is 0.374 e. The number of thioether (sulfide) groups is 1. The summed E-state index contributed by atoms with van der Waals surface area (Å²) < 4.78 is 6.82. The summed E-state index contributed by atoms with van der Waals surface area (Å²) in [6, 6.07) is 0. The summed E-state index contributed by atoms with van der Waals surface area (Å²) >= 11 is 2.13.